The van der Waals surface area contributed by atoms with E-state index in [0.717, 1.165) is 12.8 Å². The zero-order chi connectivity index (χ0) is 12.3. The van der Waals surface area contributed by atoms with Crippen LogP contribution in [0.3, 0.4) is 0 Å². The summed E-state index contributed by atoms with van der Waals surface area (Å²) in [6.07, 6.45) is 5.29. The fraction of sp³-hybridized carbons (Fsp3) is 0.571. The maximum absolute atomic E-state index is 13.6. The van der Waals surface area contributed by atoms with Crippen molar-refractivity contribution in [2.45, 2.75) is 38.1 Å². The van der Waals surface area contributed by atoms with Crippen LogP contribution in [0.1, 0.15) is 31.2 Å². The minimum absolute atomic E-state index is 0.285. The second-order valence-electron chi connectivity index (χ2n) is 4.88. The van der Waals surface area contributed by atoms with Gasteiger partial charge in [0.2, 0.25) is 0 Å². The molecule has 0 aliphatic heterocycles. The third-order valence-electron chi connectivity index (χ3n) is 3.77. The molecule has 1 aliphatic carbocycles. The second kappa shape index (κ2) is 5.58. The third-order valence-corrected chi connectivity index (χ3v) is 3.77. The van der Waals surface area contributed by atoms with Crippen LogP contribution in [0.2, 0.25) is 0 Å². The van der Waals surface area contributed by atoms with E-state index >= 15 is 0 Å². The summed E-state index contributed by atoms with van der Waals surface area (Å²) in [7, 11) is 1.95. The van der Waals surface area contributed by atoms with Gasteiger partial charge < -0.3 is 5.32 Å². The largest absolute Gasteiger partial charge is 0.317 e. The lowest BCUT2D eigenvalue weighted by Crippen LogP contribution is -2.37. The molecule has 0 amide bonds. The van der Waals surface area contributed by atoms with E-state index in [-0.39, 0.29) is 11.6 Å². The van der Waals surface area contributed by atoms with Crippen molar-refractivity contribution >= 4 is 0 Å². The first kappa shape index (κ1) is 12.5. The van der Waals surface area contributed by atoms with Crippen LogP contribution >= 0.6 is 0 Å². The smallest absolute Gasteiger partial charge is 0.126 e. The Labute approximate surface area is 101 Å². The Morgan fingerprint density at radius 2 is 2.00 bits per heavy atom. The van der Waals surface area contributed by atoms with Gasteiger partial charge in [0.1, 0.15) is 11.6 Å². The number of halogens is 2. The third kappa shape index (κ3) is 3.03. The molecule has 2 rings (SSSR count). The van der Waals surface area contributed by atoms with E-state index in [0.29, 0.717) is 23.9 Å². The Bertz CT molecular complexity index is 378. The highest BCUT2D eigenvalue weighted by Crippen LogP contribution is 2.28. The van der Waals surface area contributed by atoms with Crippen LogP contribution in [0.4, 0.5) is 8.78 Å². The number of benzene rings is 1. The van der Waals surface area contributed by atoms with E-state index in [1.54, 1.807) is 0 Å². The molecule has 1 fully saturated rings. The van der Waals surface area contributed by atoms with Crippen molar-refractivity contribution in [2.24, 2.45) is 5.92 Å². The summed E-state index contributed by atoms with van der Waals surface area (Å²) in [6.45, 7) is 0. The predicted octanol–water partition coefficient (Wildman–Crippen LogP) is 3.29. The van der Waals surface area contributed by atoms with Crippen LogP contribution in [0.15, 0.2) is 18.2 Å². The molecule has 0 heterocycles. The Balaban J connectivity index is 2.10. The Kier molecular flexibility index (Phi) is 4.11. The molecule has 0 saturated heterocycles. The van der Waals surface area contributed by atoms with Crippen molar-refractivity contribution in [3.63, 3.8) is 0 Å². The first-order valence-corrected chi connectivity index (χ1v) is 6.32. The average molecular weight is 239 g/mol. The molecule has 1 aromatic carbocycles. The molecule has 1 N–H and O–H groups in total. The predicted molar refractivity (Wildman–Crippen MR) is 64.9 cm³/mol. The average Bonchev–Trinajstić information content (AvgIpc) is 2.34. The van der Waals surface area contributed by atoms with E-state index in [1.807, 2.05) is 7.05 Å². The van der Waals surface area contributed by atoms with Crippen molar-refractivity contribution in [2.75, 3.05) is 7.05 Å². The quantitative estimate of drug-likeness (QED) is 0.853. The van der Waals surface area contributed by atoms with Gasteiger partial charge in [0.25, 0.3) is 0 Å². The lowest BCUT2D eigenvalue weighted by molar-refractivity contribution is 0.270. The van der Waals surface area contributed by atoms with Crippen molar-refractivity contribution in [1.82, 2.24) is 5.32 Å². The minimum Gasteiger partial charge on any atom is -0.317 e. The summed E-state index contributed by atoms with van der Waals surface area (Å²) >= 11 is 0. The zero-order valence-corrected chi connectivity index (χ0v) is 10.2. The van der Waals surface area contributed by atoms with E-state index in [1.165, 1.54) is 31.0 Å². The van der Waals surface area contributed by atoms with Crippen LogP contribution in [-0.4, -0.2) is 13.1 Å². The summed E-state index contributed by atoms with van der Waals surface area (Å²) in [6, 6.07) is 4.17. The highest BCUT2D eigenvalue weighted by atomic mass is 19.1. The molecule has 0 bridgehead atoms. The van der Waals surface area contributed by atoms with Crippen LogP contribution in [0.5, 0.6) is 0 Å². The van der Waals surface area contributed by atoms with Gasteiger partial charge in [-0.25, -0.2) is 8.78 Å². The number of hydrogen-bond donors (Lipinski definition) is 1. The minimum atomic E-state index is -0.349. The zero-order valence-electron chi connectivity index (χ0n) is 10.2. The molecule has 1 aromatic rings. The summed E-state index contributed by atoms with van der Waals surface area (Å²) in [4.78, 5) is 0. The van der Waals surface area contributed by atoms with E-state index in [2.05, 4.69) is 5.32 Å². The number of nitrogens with one attached hydrogen (secondary N) is 1. The van der Waals surface area contributed by atoms with Gasteiger partial charge in [-0.05, 0) is 56.0 Å². The summed E-state index contributed by atoms with van der Waals surface area (Å²) in [5.74, 6) is -0.213. The highest BCUT2D eigenvalue weighted by molar-refractivity contribution is 5.19. The molecule has 2 unspecified atom stereocenters. The van der Waals surface area contributed by atoms with Crippen LogP contribution < -0.4 is 5.32 Å². The summed E-state index contributed by atoms with van der Waals surface area (Å²) in [5.41, 5.74) is 0.511. The van der Waals surface area contributed by atoms with Crippen molar-refractivity contribution in [1.29, 1.82) is 0 Å². The Hall–Kier alpha value is -0.960. The van der Waals surface area contributed by atoms with Gasteiger partial charge in [-0.2, -0.15) is 0 Å². The van der Waals surface area contributed by atoms with Crippen LogP contribution in [-0.2, 0) is 6.42 Å². The monoisotopic (exact) mass is 239 g/mol. The molecule has 0 aromatic heterocycles. The maximum atomic E-state index is 13.6. The van der Waals surface area contributed by atoms with E-state index in [4.69, 9.17) is 0 Å². The molecule has 0 radical (unpaired) electrons. The van der Waals surface area contributed by atoms with Crippen molar-refractivity contribution in [3.8, 4) is 0 Å². The lowest BCUT2D eigenvalue weighted by Gasteiger charge is -2.31. The van der Waals surface area contributed by atoms with Gasteiger partial charge in [-0.3, -0.25) is 0 Å². The highest BCUT2D eigenvalue weighted by Gasteiger charge is 2.24. The molecular weight excluding hydrogens is 220 g/mol. The summed E-state index contributed by atoms with van der Waals surface area (Å²) in [5, 5.41) is 3.29. The molecule has 1 saturated carbocycles. The molecule has 17 heavy (non-hydrogen) atoms. The normalized spacial score (nSPS) is 24.9. The Morgan fingerprint density at radius 3 is 2.76 bits per heavy atom. The van der Waals surface area contributed by atoms with Gasteiger partial charge in [0.05, 0.1) is 0 Å². The van der Waals surface area contributed by atoms with Crippen molar-refractivity contribution in [3.05, 3.63) is 35.4 Å². The standard InChI is InChI=1S/C14H19F2N/c1-17-14-5-3-2-4-10(14)8-11-9-12(15)6-7-13(11)16/h6-7,9-10,14,17H,2-5,8H2,1H3. The first-order chi connectivity index (χ1) is 8.20. The maximum Gasteiger partial charge on any atom is 0.126 e. The number of hydrogen-bond acceptors (Lipinski definition) is 1. The number of rotatable bonds is 3. The van der Waals surface area contributed by atoms with E-state index in [9.17, 15) is 8.78 Å². The molecule has 2 atom stereocenters. The summed E-state index contributed by atoms with van der Waals surface area (Å²) < 4.78 is 26.7. The van der Waals surface area contributed by atoms with Gasteiger partial charge >= 0.3 is 0 Å². The van der Waals surface area contributed by atoms with E-state index < -0.39 is 0 Å². The molecule has 3 heteroatoms. The molecule has 94 valence electrons. The molecule has 1 aliphatic rings. The van der Waals surface area contributed by atoms with Crippen LogP contribution in [0, 0.1) is 17.6 Å². The SMILES string of the molecule is CNC1CCCCC1Cc1cc(F)ccc1F. The first-order valence-electron chi connectivity index (χ1n) is 6.32. The van der Waals surface area contributed by atoms with Gasteiger partial charge in [-0.15, -0.1) is 0 Å². The van der Waals surface area contributed by atoms with Gasteiger partial charge in [0, 0.05) is 6.04 Å². The van der Waals surface area contributed by atoms with Crippen LogP contribution in [0.25, 0.3) is 0 Å². The van der Waals surface area contributed by atoms with Gasteiger partial charge in [-0.1, -0.05) is 12.8 Å². The Morgan fingerprint density at radius 1 is 1.24 bits per heavy atom. The topological polar surface area (TPSA) is 12.0 Å². The molecule has 1 nitrogen and oxygen atoms in total. The molecular formula is C14H19F2N. The fourth-order valence-electron chi connectivity index (χ4n) is 2.81. The molecule has 0 spiro atoms. The fourth-order valence-corrected chi connectivity index (χ4v) is 2.81. The second-order valence-corrected chi connectivity index (χ2v) is 4.88. The van der Waals surface area contributed by atoms with Gasteiger partial charge in [0.15, 0.2) is 0 Å². The lowest BCUT2D eigenvalue weighted by atomic mass is 9.80. The van der Waals surface area contributed by atoms with Crippen molar-refractivity contribution < 1.29 is 8.78 Å².